The molecule has 2 aromatic rings. The van der Waals surface area contributed by atoms with Crippen molar-refractivity contribution in [3.8, 4) is 17.2 Å². The summed E-state index contributed by atoms with van der Waals surface area (Å²) < 4.78 is 17.3. The van der Waals surface area contributed by atoms with Crippen molar-refractivity contribution in [1.82, 2.24) is 0 Å². The van der Waals surface area contributed by atoms with Crippen LogP contribution in [0.3, 0.4) is 0 Å². The highest BCUT2D eigenvalue weighted by Gasteiger charge is 2.34. The zero-order valence-electron chi connectivity index (χ0n) is 16.2. The van der Waals surface area contributed by atoms with Crippen molar-refractivity contribution in [3.63, 3.8) is 0 Å². The fourth-order valence-corrected chi connectivity index (χ4v) is 3.98. The maximum Gasteiger partial charge on any atom is 0.232 e. The van der Waals surface area contributed by atoms with Crippen LogP contribution < -0.4 is 19.5 Å². The Morgan fingerprint density at radius 1 is 1.26 bits per heavy atom. The van der Waals surface area contributed by atoms with Gasteiger partial charge in [-0.2, -0.15) is 0 Å². The van der Waals surface area contributed by atoms with Crippen LogP contribution in [0.4, 0.5) is 5.69 Å². The summed E-state index contributed by atoms with van der Waals surface area (Å²) >= 11 is 0. The van der Waals surface area contributed by atoms with E-state index in [9.17, 15) is 4.79 Å². The molecule has 0 spiro atoms. The quantitative estimate of drug-likeness (QED) is 0.882. The van der Waals surface area contributed by atoms with E-state index in [1.54, 1.807) is 7.11 Å². The number of amides is 1. The lowest BCUT2D eigenvalue weighted by atomic mass is 9.90. The molecule has 2 heterocycles. The Labute approximate surface area is 159 Å². The van der Waals surface area contributed by atoms with Crippen LogP contribution in [0.25, 0.3) is 0 Å². The Hall–Kier alpha value is -2.69. The predicted octanol–water partition coefficient (Wildman–Crippen LogP) is 4.22. The first-order valence-corrected chi connectivity index (χ1v) is 9.31. The molecule has 2 aromatic carbocycles. The second-order valence-corrected chi connectivity index (χ2v) is 7.88. The predicted molar refractivity (Wildman–Crippen MR) is 104 cm³/mol. The number of nitrogens with one attached hydrogen (secondary N) is 1. The van der Waals surface area contributed by atoms with Crippen molar-refractivity contribution in [2.24, 2.45) is 0 Å². The van der Waals surface area contributed by atoms with Crippen LogP contribution in [0, 0.1) is 6.92 Å². The molecule has 2 aliphatic rings. The number of anilines is 1. The summed E-state index contributed by atoms with van der Waals surface area (Å²) in [7, 11) is 1.62. The number of hydrogen-bond donors (Lipinski definition) is 1. The van der Waals surface area contributed by atoms with E-state index in [1.807, 2.05) is 51.1 Å². The fraction of sp³-hybridized carbons (Fsp3) is 0.409. The summed E-state index contributed by atoms with van der Waals surface area (Å²) in [4.78, 5) is 13.0. The van der Waals surface area contributed by atoms with E-state index >= 15 is 0 Å². The van der Waals surface area contributed by atoms with Gasteiger partial charge in [0.05, 0.1) is 19.6 Å². The monoisotopic (exact) mass is 367 g/mol. The average molecular weight is 367 g/mol. The Morgan fingerprint density at radius 2 is 2.07 bits per heavy atom. The van der Waals surface area contributed by atoms with Gasteiger partial charge in [-0.05, 0) is 38.8 Å². The summed E-state index contributed by atoms with van der Waals surface area (Å²) in [5, 5.41) is 3.07. The third kappa shape index (κ3) is 3.22. The highest BCUT2D eigenvalue weighted by atomic mass is 16.5. The molecular formula is C22H25NO4. The third-order valence-corrected chi connectivity index (χ3v) is 5.20. The van der Waals surface area contributed by atoms with E-state index < -0.39 is 0 Å². The van der Waals surface area contributed by atoms with E-state index in [4.69, 9.17) is 14.2 Å². The number of rotatable bonds is 3. The van der Waals surface area contributed by atoms with E-state index in [0.29, 0.717) is 18.8 Å². The summed E-state index contributed by atoms with van der Waals surface area (Å²) in [6.45, 7) is 6.65. The molecule has 0 aromatic heterocycles. The van der Waals surface area contributed by atoms with E-state index in [-0.39, 0.29) is 17.4 Å². The number of benzene rings is 2. The molecule has 0 saturated carbocycles. The molecular weight excluding hydrogens is 342 g/mol. The fourth-order valence-electron chi connectivity index (χ4n) is 3.98. The van der Waals surface area contributed by atoms with Crippen LogP contribution in [0.1, 0.15) is 42.9 Å². The molecule has 1 atom stereocenters. The molecule has 1 N–H and O–H groups in total. The standard InChI is InChI=1S/C22H25NO4/c1-13-6-5-7-16-17(8-9-26-19(13)16)21(24)23-15-10-14-12-22(2,3)27-20(14)18(11-15)25-4/h5-7,10-11,17H,8-9,12H2,1-4H3,(H,23,24). The number of carbonyl (C=O) groups excluding carboxylic acids is 1. The minimum atomic E-state index is -0.268. The van der Waals surface area contributed by atoms with Gasteiger partial charge in [0.25, 0.3) is 0 Å². The number of hydrogen-bond acceptors (Lipinski definition) is 4. The number of fused-ring (bicyclic) bond motifs is 2. The van der Waals surface area contributed by atoms with Gasteiger partial charge >= 0.3 is 0 Å². The normalized spacial score (nSPS) is 19.3. The van der Waals surface area contributed by atoms with Gasteiger partial charge in [0.1, 0.15) is 11.4 Å². The minimum Gasteiger partial charge on any atom is -0.493 e. The molecule has 4 rings (SSSR count). The zero-order valence-corrected chi connectivity index (χ0v) is 16.2. The Kier molecular flexibility index (Phi) is 4.25. The molecule has 1 amide bonds. The van der Waals surface area contributed by atoms with Gasteiger partial charge in [0, 0.05) is 29.3 Å². The lowest BCUT2D eigenvalue weighted by molar-refractivity contribution is -0.118. The van der Waals surface area contributed by atoms with Crippen molar-refractivity contribution in [2.45, 2.75) is 45.1 Å². The zero-order chi connectivity index (χ0) is 19.2. The lowest BCUT2D eigenvalue weighted by Gasteiger charge is -2.26. The van der Waals surface area contributed by atoms with Crippen LogP contribution in [0.5, 0.6) is 17.2 Å². The largest absolute Gasteiger partial charge is 0.493 e. The summed E-state index contributed by atoms with van der Waals surface area (Å²) in [6.07, 6.45) is 1.45. The van der Waals surface area contributed by atoms with Crippen LogP contribution >= 0.6 is 0 Å². The van der Waals surface area contributed by atoms with Crippen LogP contribution in [-0.2, 0) is 11.2 Å². The van der Waals surface area contributed by atoms with Gasteiger partial charge in [-0.1, -0.05) is 18.2 Å². The minimum absolute atomic E-state index is 0.0228. The topological polar surface area (TPSA) is 56.8 Å². The molecule has 142 valence electrons. The van der Waals surface area contributed by atoms with Crippen molar-refractivity contribution in [1.29, 1.82) is 0 Å². The summed E-state index contributed by atoms with van der Waals surface area (Å²) in [5.74, 6) is 2.01. The van der Waals surface area contributed by atoms with Crippen molar-refractivity contribution >= 4 is 11.6 Å². The van der Waals surface area contributed by atoms with Crippen molar-refractivity contribution in [2.75, 3.05) is 19.0 Å². The van der Waals surface area contributed by atoms with Gasteiger partial charge < -0.3 is 19.5 Å². The number of methoxy groups -OCH3 is 1. The smallest absolute Gasteiger partial charge is 0.232 e. The highest BCUT2D eigenvalue weighted by Crippen LogP contribution is 2.44. The maximum atomic E-state index is 13.0. The first-order valence-electron chi connectivity index (χ1n) is 9.31. The molecule has 5 nitrogen and oxygen atoms in total. The molecule has 0 bridgehead atoms. The van der Waals surface area contributed by atoms with Gasteiger partial charge in [-0.3, -0.25) is 4.79 Å². The Balaban J connectivity index is 1.61. The average Bonchev–Trinajstić information content (AvgIpc) is 2.94. The summed E-state index contributed by atoms with van der Waals surface area (Å²) in [5.41, 5.74) is 3.53. The molecule has 1 unspecified atom stereocenters. The van der Waals surface area contributed by atoms with Crippen LogP contribution in [0.15, 0.2) is 30.3 Å². The van der Waals surface area contributed by atoms with Gasteiger partial charge in [-0.15, -0.1) is 0 Å². The van der Waals surface area contributed by atoms with Gasteiger partial charge in [-0.25, -0.2) is 0 Å². The second-order valence-electron chi connectivity index (χ2n) is 7.88. The molecule has 27 heavy (non-hydrogen) atoms. The van der Waals surface area contributed by atoms with E-state index in [1.165, 1.54) is 0 Å². The number of ether oxygens (including phenoxy) is 3. The van der Waals surface area contributed by atoms with Crippen molar-refractivity contribution in [3.05, 3.63) is 47.0 Å². The SMILES string of the molecule is COc1cc(NC(=O)C2CCOc3c(C)cccc32)cc2c1OC(C)(C)C2. The van der Waals surface area contributed by atoms with Crippen molar-refractivity contribution < 1.29 is 19.0 Å². The number of carbonyl (C=O) groups is 1. The number of para-hydroxylation sites is 1. The van der Waals surface area contributed by atoms with E-state index in [0.717, 1.165) is 40.3 Å². The molecule has 0 aliphatic carbocycles. The van der Waals surface area contributed by atoms with Crippen LogP contribution in [-0.4, -0.2) is 25.2 Å². The molecule has 0 fully saturated rings. The van der Waals surface area contributed by atoms with E-state index in [2.05, 4.69) is 5.32 Å². The first kappa shape index (κ1) is 17.7. The first-order chi connectivity index (χ1) is 12.9. The van der Waals surface area contributed by atoms with Crippen LogP contribution in [0.2, 0.25) is 0 Å². The highest BCUT2D eigenvalue weighted by molar-refractivity contribution is 5.97. The Morgan fingerprint density at radius 3 is 2.85 bits per heavy atom. The molecule has 0 radical (unpaired) electrons. The van der Waals surface area contributed by atoms with Gasteiger partial charge in [0.2, 0.25) is 5.91 Å². The maximum absolute atomic E-state index is 13.0. The molecule has 5 heteroatoms. The molecule has 0 saturated heterocycles. The third-order valence-electron chi connectivity index (χ3n) is 5.20. The second kappa shape index (κ2) is 6.48. The Bertz CT molecular complexity index is 903. The van der Waals surface area contributed by atoms with Gasteiger partial charge in [0.15, 0.2) is 11.5 Å². The lowest BCUT2D eigenvalue weighted by Crippen LogP contribution is -2.26. The molecule has 2 aliphatic heterocycles. The summed E-state index contributed by atoms with van der Waals surface area (Å²) in [6, 6.07) is 9.77. The number of aryl methyl sites for hydroxylation is 1.